The molecule has 1 aromatic carbocycles. The van der Waals surface area contributed by atoms with Gasteiger partial charge < -0.3 is 0 Å². The van der Waals surface area contributed by atoms with Gasteiger partial charge in [0.2, 0.25) is 10.0 Å². The fraction of sp³-hybridized carbons (Fsp3) is 0.625. The van der Waals surface area contributed by atoms with Crippen molar-refractivity contribution in [1.29, 1.82) is 0 Å². The molecule has 0 radical (unpaired) electrons. The van der Waals surface area contributed by atoms with Crippen LogP contribution in [-0.4, -0.2) is 24.8 Å². The van der Waals surface area contributed by atoms with Crippen molar-refractivity contribution in [1.82, 2.24) is 4.31 Å². The third kappa shape index (κ3) is 2.91. The molecule has 0 aromatic heterocycles. The van der Waals surface area contributed by atoms with Crippen molar-refractivity contribution < 1.29 is 8.42 Å². The predicted octanol–water partition coefficient (Wildman–Crippen LogP) is 3.65. The molecule has 20 heavy (non-hydrogen) atoms. The van der Waals surface area contributed by atoms with E-state index in [0.717, 1.165) is 36.8 Å². The van der Waals surface area contributed by atoms with Crippen LogP contribution in [0.2, 0.25) is 0 Å². The summed E-state index contributed by atoms with van der Waals surface area (Å²) in [6.07, 6.45) is 4.25. The van der Waals surface area contributed by atoms with Crippen molar-refractivity contribution >= 4 is 10.0 Å². The second-order valence-electron chi connectivity index (χ2n) is 6.11. The molecule has 0 saturated heterocycles. The molecule has 3 nitrogen and oxygen atoms in total. The highest BCUT2D eigenvalue weighted by atomic mass is 32.2. The van der Waals surface area contributed by atoms with Gasteiger partial charge in [-0.25, -0.2) is 8.42 Å². The summed E-state index contributed by atoms with van der Waals surface area (Å²) < 4.78 is 27.6. The lowest BCUT2D eigenvalue weighted by molar-refractivity contribution is 0.275. The van der Waals surface area contributed by atoms with Crippen molar-refractivity contribution in [2.24, 2.45) is 0 Å². The third-order valence-corrected chi connectivity index (χ3v) is 6.37. The summed E-state index contributed by atoms with van der Waals surface area (Å²) in [5.41, 5.74) is 2.15. The number of hydrogen-bond acceptors (Lipinski definition) is 2. The van der Waals surface area contributed by atoms with E-state index in [1.165, 1.54) is 0 Å². The van der Waals surface area contributed by atoms with Crippen molar-refractivity contribution in [3.05, 3.63) is 29.3 Å². The van der Waals surface area contributed by atoms with Gasteiger partial charge in [0.15, 0.2) is 0 Å². The molecule has 2 rings (SSSR count). The first kappa shape index (κ1) is 15.5. The summed E-state index contributed by atoms with van der Waals surface area (Å²) >= 11 is 0. The lowest BCUT2D eigenvalue weighted by Gasteiger charge is -2.31. The topological polar surface area (TPSA) is 37.4 Å². The molecule has 0 spiro atoms. The zero-order chi connectivity index (χ0) is 14.9. The van der Waals surface area contributed by atoms with E-state index in [9.17, 15) is 8.42 Å². The third-order valence-electron chi connectivity index (χ3n) is 4.25. The summed E-state index contributed by atoms with van der Waals surface area (Å²) in [4.78, 5) is 0.432. The standard InChI is InChI=1S/C16H25NO2S/c1-12(2)17(15-7-5-6-8-15)20(18,19)16-10-9-13(3)14(4)11-16/h9-12,15H,5-8H2,1-4H3. The van der Waals surface area contributed by atoms with Crippen molar-refractivity contribution in [2.45, 2.75) is 70.4 Å². The van der Waals surface area contributed by atoms with Gasteiger partial charge in [0.1, 0.15) is 0 Å². The highest BCUT2D eigenvalue weighted by Gasteiger charge is 2.35. The summed E-state index contributed by atoms with van der Waals surface area (Å²) in [6, 6.07) is 5.61. The lowest BCUT2D eigenvalue weighted by Crippen LogP contribution is -2.43. The minimum absolute atomic E-state index is 0.00436. The fourth-order valence-electron chi connectivity index (χ4n) is 3.05. The second-order valence-corrected chi connectivity index (χ2v) is 7.96. The quantitative estimate of drug-likeness (QED) is 0.850. The molecule has 0 heterocycles. The van der Waals surface area contributed by atoms with Gasteiger partial charge in [-0.2, -0.15) is 4.31 Å². The maximum absolute atomic E-state index is 13.0. The molecule has 1 aromatic rings. The first-order valence-electron chi connectivity index (χ1n) is 7.45. The Morgan fingerprint density at radius 2 is 1.70 bits per heavy atom. The summed E-state index contributed by atoms with van der Waals surface area (Å²) in [5, 5.41) is 0. The Morgan fingerprint density at radius 1 is 1.10 bits per heavy atom. The van der Waals surface area contributed by atoms with Crippen LogP contribution in [0.5, 0.6) is 0 Å². The molecule has 0 unspecified atom stereocenters. The summed E-state index contributed by atoms with van der Waals surface area (Å²) in [6.45, 7) is 7.90. The SMILES string of the molecule is Cc1ccc(S(=O)(=O)N(C(C)C)C2CCCC2)cc1C. The first-order valence-corrected chi connectivity index (χ1v) is 8.89. The van der Waals surface area contributed by atoms with E-state index in [2.05, 4.69) is 0 Å². The number of nitrogens with zero attached hydrogens (tertiary/aromatic N) is 1. The van der Waals surface area contributed by atoms with Crippen LogP contribution in [0.25, 0.3) is 0 Å². The Morgan fingerprint density at radius 3 is 2.20 bits per heavy atom. The van der Waals surface area contributed by atoms with Gasteiger partial charge in [0.05, 0.1) is 4.90 Å². The Balaban J connectivity index is 2.41. The summed E-state index contributed by atoms with van der Waals surface area (Å²) in [7, 11) is -3.39. The van der Waals surface area contributed by atoms with E-state index in [1.54, 1.807) is 16.4 Å². The molecule has 0 amide bonds. The zero-order valence-corrected chi connectivity index (χ0v) is 13.7. The molecule has 0 bridgehead atoms. The lowest BCUT2D eigenvalue weighted by atomic mass is 10.1. The number of aryl methyl sites for hydroxylation is 2. The van der Waals surface area contributed by atoms with Crippen LogP contribution in [-0.2, 0) is 10.0 Å². The Hall–Kier alpha value is -0.870. The molecule has 112 valence electrons. The van der Waals surface area contributed by atoms with Crippen molar-refractivity contribution in [2.75, 3.05) is 0 Å². The van der Waals surface area contributed by atoms with Crippen LogP contribution in [0, 0.1) is 13.8 Å². The molecular weight excluding hydrogens is 270 g/mol. The van der Waals surface area contributed by atoms with E-state index in [4.69, 9.17) is 0 Å². The molecule has 4 heteroatoms. The number of hydrogen-bond donors (Lipinski definition) is 0. The van der Waals surface area contributed by atoms with E-state index in [1.807, 2.05) is 33.8 Å². The maximum atomic E-state index is 13.0. The molecule has 0 atom stereocenters. The van der Waals surface area contributed by atoms with Crippen LogP contribution in [0.15, 0.2) is 23.1 Å². The summed E-state index contributed by atoms with van der Waals surface area (Å²) in [5.74, 6) is 0. The Kier molecular flexibility index (Phi) is 4.55. The van der Waals surface area contributed by atoms with E-state index in [-0.39, 0.29) is 12.1 Å². The van der Waals surface area contributed by atoms with Gasteiger partial charge in [-0.3, -0.25) is 0 Å². The Labute approximate surface area is 123 Å². The van der Waals surface area contributed by atoms with Crippen LogP contribution >= 0.6 is 0 Å². The number of benzene rings is 1. The zero-order valence-electron chi connectivity index (χ0n) is 12.9. The molecule has 1 fully saturated rings. The molecule has 0 N–H and O–H groups in total. The van der Waals surface area contributed by atoms with Gasteiger partial charge >= 0.3 is 0 Å². The fourth-order valence-corrected chi connectivity index (χ4v) is 5.02. The molecule has 0 aliphatic heterocycles. The minimum atomic E-state index is -3.39. The number of rotatable bonds is 4. The largest absolute Gasteiger partial charge is 0.243 e. The first-order chi connectivity index (χ1) is 9.34. The van der Waals surface area contributed by atoms with Crippen LogP contribution in [0.1, 0.15) is 50.7 Å². The van der Waals surface area contributed by atoms with Gasteiger partial charge in [-0.1, -0.05) is 18.9 Å². The highest BCUT2D eigenvalue weighted by Crippen LogP contribution is 2.31. The second kappa shape index (κ2) is 5.86. The normalized spacial score (nSPS) is 17.3. The number of sulfonamides is 1. The smallest absolute Gasteiger partial charge is 0.207 e. The van der Waals surface area contributed by atoms with Gasteiger partial charge in [0, 0.05) is 12.1 Å². The monoisotopic (exact) mass is 295 g/mol. The van der Waals surface area contributed by atoms with Gasteiger partial charge in [0.25, 0.3) is 0 Å². The van der Waals surface area contributed by atoms with Gasteiger partial charge in [-0.05, 0) is 63.8 Å². The molecule has 1 saturated carbocycles. The minimum Gasteiger partial charge on any atom is -0.207 e. The molecular formula is C16H25NO2S. The molecule has 1 aliphatic rings. The average Bonchev–Trinajstić information content (AvgIpc) is 2.85. The maximum Gasteiger partial charge on any atom is 0.243 e. The van der Waals surface area contributed by atoms with Crippen LogP contribution < -0.4 is 0 Å². The van der Waals surface area contributed by atoms with E-state index in [0.29, 0.717) is 4.90 Å². The van der Waals surface area contributed by atoms with E-state index < -0.39 is 10.0 Å². The van der Waals surface area contributed by atoms with Crippen molar-refractivity contribution in [3.8, 4) is 0 Å². The van der Waals surface area contributed by atoms with Crippen LogP contribution in [0.3, 0.4) is 0 Å². The predicted molar refractivity (Wildman–Crippen MR) is 82.3 cm³/mol. The van der Waals surface area contributed by atoms with Crippen molar-refractivity contribution in [3.63, 3.8) is 0 Å². The van der Waals surface area contributed by atoms with Gasteiger partial charge in [-0.15, -0.1) is 0 Å². The average molecular weight is 295 g/mol. The molecule has 1 aliphatic carbocycles. The highest BCUT2D eigenvalue weighted by molar-refractivity contribution is 7.89. The van der Waals surface area contributed by atoms with E-state index >= 15 is 0 Å². The van der Waals surface area contributed by atoms with Crippen LogP contribution in [0.4, 0.5) is 0 Å². The Bertz CT molecular complexity index is 572.